The zero-order valence-corrected chi connectivity index (χ0v) is 12.1. The summed E-state index contributed by atoms with van der Waals surface area (Å²) in [7, 11) is 4.09. The van der Waals surface area contributed by atoms with Crippen molar-refractivity contribution in [2.75, 3.05) is 20.7 Å². The number of aryl methyl sites for hydroxylation is 1. The standard InChI is InChI=1S/C12H19BrN2O/c1-9-6-10(13)7-14-11(9)16-8-12(2,3)15(4)5/h6-7H,8H2,1-5H3. The second-order valence-corrected chi connectivity index (χ2v) is 5.69. The fourth-order valence-electron chi connectivity index (χ4n) is 1.05. The Labute approximate surface area is 106 Å². The van der Waals surface area contributed by atoms with Crippen molar-refractivity contribution in [3.63, 3.8) is 0 Å². The second-order valence-electron chi connectivity index (χ2n) is 4.77. The Balaban J connectivity index is 2.68. The van der Waals surface area contributed by atoms with Crippen LogP contribution in [0.1, 0.15) is 19.4 Å². The maximum Gasteiger partial charge on any atom is 0.216 e. The van der Waals surface area contributed by atoms with Crippen LogP contribution in [-0.4, -0.2) is 36.1 Å². The van der Waals surface area contributed by atoms with Crippen molar-refractivity contribution in [3.8, 4) is 5.88 Å². The highest BCUT2D eigenvalue weighted by atomic mass is 79.9. The number of hydrogen-bond acceptors (Lipinski definition) is 3. The van der Waals surface area contributed by atoms with Gasteiger partial charge < -0.3 is 9.64 Å². The van der Waals surface area contributed by atoms with E-state index in [1.807, 2.05) is 27.1 Å². The van der Waals surface area contributed by atoms with Crippen LogP contribution >= 0.6 is 15.9 Å². The van der Waals surface area contributed by atoms with Crippen LogP contribution in [0.25, 0.3) is 0 Å². The fourth-order valence-corrected chi connectivity index (χ4v) is 1.50. The van der Waals surface area contributed by atoms with E-state index in [0.717, 1.165) is 10.0 Å². The van der Waals surface area contributed by atoms with E-state index in [0.29, 0.717) is 12.5 Å². The third kappa shape index (κ3) is 3.46. The Morgan fingerprint density at radius 2 is 2.06 bits per heavy atom. The normalized spacial score (nSPS) is 11.9. The first-order valence-electron chi connectivity index (χ1n) is 5.25. The monoisotopic (exact) mass is 286 g/mol. The summed E-state index contributed by atoms with van der Waals surface area (Å²) in [4.78, 5) is 6.39. The number of hydrogen-bond donors (Lipinski definition) is 0. The predicted molar refractivity (Wildman–Crippen MR) is 69.9 cm³/mol. The van der Waals surface area contributed by atoms with Crippen LogP contribution in [0.15, 0.2) is 16.7 Å². The van der Waals surface area contributed by atoms with Crippen LogP contribution in [-0.2, 0) is 0 Å². The van der Waals surface area contributed by atoms with E-state index < -0.39 is 0 Å². The van der Waals surface area contributed by atoms with Crippen molar-refractivity contribution in [2.45, 2.75) is 26.3 Å². The van der Waals surface area contributed by atoms with Gasteiger partial charge in [0.05, 0.1) is 0 Å². The molecule has 0 N–H and O–H groups in total. The molecule has 0 spiro atoms. The summed E-state index contributed by atoms with van der Waals surface area (Å²) in [5.41, 5.74) is 1.05. The maximum absolute atomic E-state index is 5.74. The third-order valence-electron chi connectivity index (χ3n) is 2.77. The lowest BCUT2D eigenvalue weighted by molar-refractivity contribution is 0.110. The molecule has 0 unspecified atom stereocenters. The topological polar surface area (TPSA) is 25.4 Å². The lowest BCUT2D eigenvalue weighted by Crippen LogP contribution is -2.43. The highest BCUT2D eigenvalue weighted by Gasteiger charge is 2.21. The molecule has 1 rings (SSSR count). The minimum Gasteiger partial charge on any atom is -0.476 e. The molecule has 0 radical (unpaired) electrons. The minimum absolute atomic E-state index is 0.00118. The van der Waals surface area contributed by atoms with Crippen LogP contribution in [0.5, 0.6) is 5.88 Å². The molecule has 0 aliphatic heterocycles. The Bertz CT molecular complexity index is 364. The number of aromatic nitrogens is 1. The van der Waals surface area contributed by atoms with Crippen molar-refractivity contribution in [3.05, 3.63) is 22.3 Å². The molecule has 0 saturated carbocycles. The number of ether oxygens (including phenoxy) is 1. The van der Waals surface area contributed by atoms with Gasteiger partial charge >= 0.3 is 0 Å². The van der Waals surface area contributed by atoms with Gasteiger partial charge in [-0.2, -0.15) is 0 Å². The van der Waals surface area contributed by atoms with Gasteiger partial charge in [0.2, 0.25) is 5.88 Å². The summed E-state index contributed by atoms with van der Waals surface area (Å²) in [5.74, 6) is 0.707. The van der Waals surface area contributed by atoms with Crippen molar-refractivity contribution in [1.82, 2.24) is 9.88 Å². The molecule has 0 bridgehead atoms. The molecule has 0 atom stereocenters. The lowest BCUT2D eigenvalue weighted by Gasteiger charge is -2.32. The summed E-state index contributed by atoms with van der Waals surface area (Å²) < 4.78 is 6.72. The van der Waals surface area contributed by atoms with Gasteiger partial charge in [0.1, 0.15) is 6.61 Å². The molecule has 4 heteroatoms. The van der Waals surface area contributed by atoms with Crippen molar-refractivity contribution >= 4 is 15.9 Å². The molecule has 0 aromatic carbocycles. The van der Waals surface area contributed by atoms with Crippen LogP contribution < -0.4 is 4.74 Å². The Hall–Kier alpha value is -0.610. The van der Waals surface area contributed by atoms with E-state index in [1.165, 1.54) is 0 Å². The van der Waals surface area contributed by atoms with Crippen LogP contribution in [0.2, 0.25) is 0 Å². The summed E-state index contributed by atoms with van der Waals surface area (Å²) in [5, 5.41) is 0. The highest BCUT2D eigenvalue weighted by molar-refractivity contribution is 9.10. The van der Waals surface area contributed by atoms with Gasteiger partial charge in [-0.25, -0.2) is 4.98 Å². The van der Waals surface area contributed by atoms with Crippen molar-refractivity contribution < 1.29 is 4.74 Å². The smallest absolute Gasteiger partial charge is 0.216 e. The zero-order valence-electron chi connectivity index (χ0n) is 10.5. The summed E-state index contributed by atoms with van der Waals surface area (Å²) >= 11 is 3.38. The molecular formula is C12H19BrN2O. The molecule has 0 saturated heterocycles. The van der Waals surface area contributed by atoms with E-state index >= 15 is 0 Å². The molecular weight excluding hydrogens is 268 g/mol. The Morgan fingerprint density at radius 1 is 1.44 bits per heavy atom. The number of pyridine rings is 1. The molecule has 1 aromatic rings. The average molecular weight is 287 g/mol. The van der Waals surface area contributed by atoms with Crippen LogP contribution in [0.4, 0.5) is 0 Å². The van der Waals surface area contributed by atoms with Crippen molar-refractivity contribution in [1.29, 1.82) is 0 Å². The van der Waals surface area contributed by atoms with Crippen molar-refractivity contribution in [2.24, 2.45) is 0 Å². The van der Waals surface area contributed by atoms with Gasteiger partial charge in [-0.15, -0.1) is 0 Å². The maximum atomic E-state index is 5.74. The van der Waals surface area contributed by atoms with Gasteiger partial charge in [-0.1, -0.05) is 0 Å². The minimum atomic E-state index is 0.00118. The molecule has 1 heterocycles. The molecule has 3 nitrogen and oxygen atoms in total. The molecule has 0 aliphatic rings. The van der Waals surface area contributed by atoms with E-state index in [4.69, 9.17) is 4.74 Å². The summed E-state index contributed by atoms with van der Waals surface area (Å²) in [6.45, 7) is 6.90. The Morgan fingerprint density at radius 3 is 2.56 bits per heavy atom. The van der Waals surface area contributed by atoms with E-state index in [9.17, 15) is 0 Å². The predicted octanol–water partition coefficient (Wildman–Crippen LogP) is 2.87. The van der Waals surface area contributed by atoms with Crippen LogP contribution in [0, 0.1) is 6.92 Å². The van der Waals surface area contributed by atoms with Gasteiger partial charge in [-0.05, 0) is 56.9 Å². The average Bonchev–Trinajstić information content (AvgIpc) is 2.16. The molecule has 0 amide bonds. The quantitative estimate of drug-likeness (QED) is 0.851. The molecule has 16 heavy (non-hydrogen) atoms. The molecule has 0 fully saturated rings. The Kier molecular flexibility index (Phi) is 4.33. The van der Waals surface area contributed by atoms with Gasteiger partial charge in [0.15, 0.2) is 0 Å². The summed E-state index contributed by atoms with van der Waals surface area (Å²) in [6, 6.07) is 2.00. The number of halogens is 1. The van der Waals surface area contributed by atoms with E-state index in [-0.39, 0.29) is 5.54 Å². The highest BCUT2D eigenvalue weighted by Crippen LogP contribution is 2.20. The lowest BCUT2D eigenvalue weighted by atomic mass is 10.1. The first-order chi connectivity index (χ1) is 7.33. The zero-order chi connectivity index (χ0) is 12.3. The van der Waals surface area contributed by atoms with Gasteiger partial charge in [0.25, 0.3) is 0 Å². The number of rotatable bonds is 4. The first kappa shape index (κ1) is 13.5. The first-order valence-corrected chi connectivity index (χ1v) is 6.04. The van der Waals surface area contributed by atoms with Crippen LogP contribution in [0.3, 0.4) is 0 Å². The molecule has 0 aliphatic carbocycles. The van der Waals surface area contributed by atoms with Gasteiger partial charge in [0, 0.05) is 21.8 Å². The van der Waals surface area contributed by atoms with E-state index in [2.05, 4.69) is 39.7 Å². The van der Waals surface area contributed by atoms with Gasteiger partial charge in [-0.3, -0.25) is 0 Å². The number of nitrogens with zero attached hydrogens (tertiary/aromatic N) is 2. The molecule has 1 aromatic heterocycles. The summed E-state index contributed by atoms with van der Waals surface area (Å²) in [6.07, 6.45) is 1.75. The third-order valence-corrected chi connectivity index (χ3v) is 3.20. The van der Waals surface area contributed by atoms with E-state index in [1.54, 1.807) is 6.20 Å². The molecule has 90 valence electrons. The largest absolute Gasteiger partial charge is 0.476 e. The SMILES string of the molecule is Cc1cc(Br)cnc1OCC(C)(C)N(C)C. The fraction of sp³-hybridized carbons (Fsp3) is 0.583. The second kappa shape index (κ2) is 5.15. The number of likely N-dealkylation sites (N-methyl/N-ethyl adjacent to an activating group) is 1.